The standard InChI is InChI=1S/C15H12N4O3S/c16-12(20)11-13(19-15(21)22)23-14(18-11)17-10-6-5-8-3-1-2-4-9(8)7-10/h1-7,19H,(H2,16,20)(H,17,18)(H,21,22). The molecular weight excluding hydrogens is 316 g/mol. The van der Waals surface area contributed by atoms with Crippen LogP contribution < -0.4 is 16.4 Å². The Balaban J connectivity index is 1.91. The lowest BCUT2D eigenvalue weighted by atomic mass is 10.1. The Morgan fingerprint density at radius 2 is 1.87 bits per heavy atom. The first-order valence-corrected chi connectivity index (χ1v) is 7.41. The van der Waals surface area contributed by atoms with E-state index >= 15 is 0 Å². The highest BCUT2D eigenvalue weighted by atomic mass is 32.1. The number of carboxylic acid groups (broad SMARTS) is 1. The Morgan fingerprint density at radius 1 is 1.13 bits per heavy atom. The van der Waals surface area contributed by atoms with Crippen LogP contribution in [0.1, 0.15) is 10.5 Å². The third-order valence-corrected chi connectivity index (χ3v) is 3.97. The minimum Gasteiger partial charge on any atom is -0.465 e. The number of nitrogens with one attached hydrogen (secondary N) is 2. The number of benzene rings is 2. The molecule has 0 aliphatic rings. The van der Waals surface area contributed by atoms with E-state index in [4.69, 9.17) is 10.8 Å². The summed E-state index contributed by atoms with van der Waals surface area (Å²) in [4.78, 5) is 26.1. The van der Waals surface area contributed by atoms with E-state index in [2.05, 4.69) is 15.6 Å². The van der Waals surface area contributed by atoms with Gasteiger partial charge >= 0.3 is 6.09 Å². The number of thiazole rings is 1. The fraction of sp³-hybridized carbons (Fsp3) is 0. The predicted molar refractivity (Wildman–Crippen MR) is 89.5 cm³/mol. The molecule has 0 radical (unpaired) electrons. The SMILES string of the molecule is NC(=O)c1nc(Nc2ccc3ccccc3c2)sc1NC(=O)O. The number of nitrogens with zero attached hydrogens (tertiary/aromatic N) is 1. The van der Waals surface area contributed by atoms with E-state index in [1.807, 2.05) is 42.5 Å². The third kappa shape index (κ3) is 3.22. The molecule has 0 aliphatic heterocycles. The van der Waals surface area contributed by atoms with Crippen molar-refractivity contribution in [3.8, 4) is 0 Å². The number of amides is 2. The number of rotatable bonds is 4. The zero-order chi connectivity index (χ0) is 16.4. The van der Waals surface area contributed by atoms with E-state index < -0.39 is 12.0 Å². The molecule has 23 heavy (non-hydrogen) atoms. The van der Waals surface area contributed by atoms with Gasteiger partial charge in [-0.15, -0.1) is 0 Å². The van der Waals surface area contributed by atoms with Crippen molar-refractivity contribution in [3.05, 3.63) is 48.2 Å². The summed E-state index contributed by atoms with van der Waals surface area (Å²) in [5, 5.41) is 16.6. The van der Waals surface area contributed by atoms with E-state index in [-0.39, 0.29) is 10.7 Å². The van der Waals surface area contributed by atoms with Gasteiger partial charge in [0.2, 0.25) is 0 Å². The van der Waals surface area contributed by atoms with Gasteiger partial charge < -0.3 is 16.2 Å². The molecule has 0 bridgehead atoms. The first-order chi connectivity index (χ1) is 11.0. The molecule has 2 amide bonds. The van der Waals surface area contributed by atoms with Gasteiger partial charge in [-0.05, 0) is 22.9 Å². The highest BCUT2D eigenvalue weighted by Gasteiger charge is 2.17. The molecule has 7 nitrogen and oxygen atoms in total. The van der Waals surface area contributed by atoms with E-state index in [1.54, 1.807) is 0 Å². The van der Waals surface area contributed by atoms with Crippen molar-refractivity contribution in [2.45, 2.75) is 0 Å². The van der Waals surface area contributed by atoms with Crippen LogP contribution in [0.25, 0.3) is 10.8 Å². The van der Waals surface area contributed by atoms with E-state index in [0.717, 1.165) is 27.8 Å². The van der Waals surface area contributed by atoms with Crippen molar-refractivity contribution >= 4 is 49.9 Å². The maximum Gasteiger partial charge on any atom is 0.409 e. The van der Waals surface area contributed by atoms with Gasteiger partial charge in [0.1, 0.15) is 5.00 Å². The number of hydrogen-bond acceptors (Lipinski definition) is 5. The number of fused-ring (bicyclic) bond motifs is 1. The second-order valence-electron chi connectivity index (χ2n) is 4.68. The van der Waals surface area contributed by atoms with Gasteiger partial charge in [0.05, 0.1) is 0 Å². The van der Waals surface area contributed by atoms with Crippen LogP contribution in [0.2, 0.25) is 0 Å². The number of carbonyl (C=O) groups excluding carboxylic acids is 1. The summed E-state index contributed by atoms with van der Waals surface area (Å²) in [6, 6.07) is 13.6. The summed E-state index contributed by atoms with van der Waals surface area (Å²) in [6.07, 6.45) is -1.28. The molecule has 0 fully saturated rings. The number of anilines is 3. The number of hydrogen-bond donors (Lipinski definition) is 4. The van der Waals surface area contributed by atoms with Crippen LogP contribution in [0.4, 0.5) is 20.6 Å². The summed E-state index contributed by atoms with van der Waals surface area (Å²) in [5.74, 6) is -0.795. The van der Waals surface area contributed by atoms with Gasteiger partial charge in [-0.25, -0.2) is 9.78 Å². The van der Waals surface area contributed by atoms with Crippen LogP contribution in [0.15, 0.2) is 42.5 Å². The number of carbonyl (C=O) groups is 2. The molecule has 3 rings (SSSR count). The summed E-state index contributed by atoms with van der Waals surface area (Å²) in [6.45, 7) is 0. The molecule has 1 aromatic heterocycles. The van der Waals surface area contributed by atoms with Crippen LogP contribution in [0, 0.1) is 0 Å². The number of aromatic nitrogens is 1. The molecule has 0 saturated heterocycles. The maximum absolute atomic E-state index is 11.3. The van der Waals surface area contributed by atoms with Crippen molar-refractivity contribution in [2.24, 2.45) is 5.73 Å². The van der Waals surface area contributed by atoms with Gasteiger partial charge in [0.15, 0.2) is 10.8 Å². The molecule has 0 aliphatic carbocycles. The van der Waals surface area contributed by atoms with Crippen molar-refractivity contribution in [3.63, 3.8) is 0 Å². The molecule has 0 spiro atoms. The Morgan fingerprint density at radius 3 is 2.57 bits per heavy atom. The van der Waals surface area contributed by atoms with E-state index in [0.29, 0.717) is 5.13 Å². The van der Waals surface area contributed by atoms with Gasteiger partial charge in [0, 0.05) is 5.69 Å². The van der Waals surface area contributed by atoms with Crippen molar-refractivity contribution < 1.29 is 14.7 Å². The van der Waals surface area contributed by atoms with Gasteiger partial charge in [-0.3, -0.25) is 10.1 Å². The van der Waals surface area contributed by atoms with Crippen LogP contribution in [-0.4, -0.2) is 22.1 Å². The third-order valence-electron chi connectivity index (χ3n) is 3.08. The Labute approximate surface area is 134 Å². The summed E-state index contributed by atoms with van der Waals surface area (Å²) >= 11 is 1.00. The fourth-order valence-corrected chi connectivity index (χ4v) is 2.99. The smallest absolute Gasteiger partial charge is 0.409 e. The van der Waals surface area contributed by atoms with E-state index in [9.17, 15) is 9.59 Å². The molecule has 2 aromatic carbocycles. The van der Waals surface area contributed by atoms with Gasteiger partial charge in [-0.2, -0.15) is 0 Å². The fourth-order valence-electron chi connectivity index (χ4n) is 2.11. The van der Waals surface area contributed by atoms with Crippen molar-refractivity contribution in [1.82, 2.24) is 4.98 Å². The van der Waals surface area contributed by atoms with Crippen LogP contribution in [-0.2, 0) is 0 Å². The zero-order valence-electron chi connectivity index (χ0n) is 11.7. The van der Waals surface area contributed by atoms with Crippen molar-refractivity contribution in [2.75, 3.05) is 10.6 Å². The second kappa shape index (κ2) is 5.93. The molecule has 3 aromatic rings. The lowest BCUT2D eigenvalue weighted by Gasteiger charge is -2.04. The molecule has 1 heterocycles. The molecule has 5 N–H and O–H groups in total. The molecule has 0 atom stereocenters. The average molecular weight is 328 g/mol. The average Bonchev–Trinajstić information content (AvgIpc) is 2.89. The topological polar surface area (TPSA) is 117 Å². The first-order valence-electron chi connectivity index (χ1n) is 6.59. The van der Waals surface area contributed by atoms with Crippen LogP contribution in [0.3, 0.4) is 0 Å². The van der Waals surface area contributed by atoms with Crippen LogP contribution >= 0.6 is 11.3 Å². The van der Waals surface area contributed by atoms with Crippen molar-refractivity contribution in [1.29, 1.82) is 0 Å². The molecule has 8 heteroatoms. The van der Waals surface area contributed by atoms with Gasteiger partial charge in [-0.1, -0.05) is 41.7 Å². The Bertz CT molecular complexity index is 907. The van der Waals surface area contributed by atoms with E-state index in [1.165, 1.54) is 0 Å². The number of primary amides is 1. The first kappa shape index (κ1) is 14.8. The quantitative estimate of drug-likeness (QED) is 0.586. The minimum absolute atomic E-state index is 0.0910. The monoisotopic (exact) mass is 328 g/mol. The zero-order valence-corrected chi connectivity index (χ0v) is 12.6. The van der Waals surface area contributed by atoms with Crippen LogP contribution in [0.5, 0.6) is 0 Å². The predicted octanol–water partition coefficient (Wildman–Crippen LogP) is 3.23. The summed E-state index contributed by atoms with van der Waals surface area (Å²) in [5.41, 5.74) is 5.88. The normalized spacial score (nSPS) is 10.4. The van der Waals surface area contributed by atoms with Gasteiger partial charge in [0.25, 0.3) is 5.91 Å². The highest BCUT2D eigenvalue weighted by Crippen LogP contribution is 2.31. The lowest BCUT2D eigenvalue weighted by molar-refractivity contribution is 0.0997. The minimum atomic E-state index is -1.28. The molecule has 0 unspecified atom stereocenters. The summed E-state index contributed by atoms with van der Waals surface area (Å²) in [7, 11) is 0. The maximum atomic E-state index is 11.3. The lowest BCUT2D eigenvalue weighted by Crippen LogP contribution is -2.16. The largest absolute Gasteiger partial charge is 0.465 e. The number of nitrogens with two attached hydrogens (primary N) is 1. The molecule has 116 valence electrons. The highest BCUT2D eigenvalue weighted by molar-refractivity contribution is 7.20. The second-order valence-corrected chi connectivity index (χ2v) is 5.68. The Kier molecular flexibility index (Phi) is 3.82. The Hall–Kier alpha value is -3.13. The molecular formula is C15H12N4O3S. The molecule has 0 saturated carbocycles. The summed E-state index contributed by atoms with van der Waals surface area (Å²) < 4.78 is 0.